The molecule has 2 fully saturated rings. The van der Waals surface area contributed by atoms with Crippen LogP contribution < -0.4 is 10.1 Å². The molecular formula is C26H28N6O3. The predicted molar refractivity (Wildman–Crippen MR) is 130 cm³/mol. The lowest BCUT2D eigenvalue weighted by molar-refractivity contribution is -0.0941. The van der Waals surface area contributed by atoms with Gasteiger partial charge in [0, 0.05) is 50.3 Å². The Balaban J connectivity index is 1.33. The van der Waals surface area contributed by atoms with Gasteiger partial charge in [0.05, 0.1) is 48.6 Å². The molecule has 1 N–H and O–H groups in total. The van der Waals surface area contributed by atoms with Gasteiger partial charge in [-0.1, -0.05) is 17.3 Å². The lowest BCUT2D eigenvalue weighted by atomic mass is 9.69. The predicted octanol–water partition coefficient (Wildman–Crippen LogP) is 3.88. The molecule has 1 aromatic carbocycles. The van der Waals surface area contributed by atoms with Crippen LogP contribution in [-0.2, 0) is 16.1 Å². The van der Waals surface area contributed by atoms with Gasteiger partial charge in [0.1, 0.15) is 11.4 Å². The maximum atomic E-state index is 9.20. The maximum absolute atomic E-state index is 9.20. The fourth-order valence-electron chi connectivity index (χ4n) is 5.28. The minimum atomic E-state index is -0.334. The maximum Gasteiger partial charge on any atom is 0.160 e. The molecule has 2 aromatic heterocycles. The van der Waals surface area contributed by atoms with E-state index in [9.17, 15) is 5.26 Å². The highest BCUT2D eigenvalue weighted by molar-refractivity contribution is 6.10. The molecule has 1 saturated heterocycles. The fourth-order valence-corrected chi connectivity index (χ4v) is 5.28. The second-order valence-corrected chi connectivity index (χ2v) is 9.69. The van der Waals surface area contributed by atoms with Crippen molar-refractivity contribution in [3.63, 3.8) is 0 Å². The van der Waals surface area contributed by atoms with Gasteiger partial charge in [-0.15, -0.1) is 0 Å². The molecule has 1 aliphatic carbocycles. The Morgan fingerprint density at radius 3 is 2.74 bits per heavy atom. The molecule has 35 heavy (non-hydrogen) atoms. The molecule has 2 aliphatic heterocycles. The smallest absolute Gasteiger partial charge is 0.160 e. The summed E-state index contributed by atoms with van der Waals surface area (Å²) in [6.07, 6.45) is 7.82. The number of nitrogens with zero attached hydrogens (tertiary/aromatic N) is 5. The van der Waals surface area contributed by atoms with Crippen LogP contribution in [0.15, 0.2) is 41.8 Å². The van der Waals surface area contributed by atoms with Gasteiger partial charge in [0.2, 0.25) is 0 Å². The number of methoxy groups -OCH3 is 1. The van der Waals surface area contributed by atoms with Crippen molar-refractivity contribution in [3.8, 4) is 11.8 Å². The van der Waals surface area contributed by atoms with Crippen molar-refractivity contribution >= 4 is 22.4 Å². The third-order valence-electron chi connectivity index (χ3n) is 7.30. The Bertz CT molecular complexity index is 1300. The zero-order valence-electron chi connectivity index (χ0n) is 19.7. The van der Waals surface area contributed by atoms with Crippen molar-refractivity contribution < 1.29 is 14.3 Å². The first-order valence-corrected chi connectivity index (χ1v) is 12.1. The van der Waals surface area contributed by atoms with Gasteiger partial charge in [-0.05, 0) is 30.5 Å². The van der Waals surface area contributed by atoms with E-state index in [2.05, 4.69) is 21.6 Å². The van der Waals surface area contributed by atoms with Crippen LogP contribution in [0.4, 0.5) is 5.69 Å². The summed E-state index contributed by atoms with van der Waals surface area (Å²) in [5.41, 5.74) is 4.44. The summed E-state index contributed by atoms with van der Waals surface area (Å²) in [6, 6.07) is 10.6. The number of pyridine rings is 1. The van der Waals surface area contributed by atoms with Crippen molar-refractivity contribution in [2.24, 2.45) is 11.1 Å². The molecule has 0 atom stereocenters. The third kappa shape index (κ3) is 4.08. The molecule has 0 radical (unpaired) electrons. The van der Waals surface area contributed by atoms with Gasteiger partial charge in [0.25, 0.3) is 0 Å². The number of aromatic nitrogens is 3. The standard InChI is InChI=1S/C26H28N6O3/c1-33-20-4-2-17(3-5-20)16-32-25-22(15-29-32)24(30-19-6-8-34-9-7-19)21(14-28-25)23-12-26(35-31-23)10-18(11-26)13-27/h2-5,14-15,18-19H,6-12,16H2,1H3,(H,28,30). The van der Waals surface area contributed by atoms with Crippen LogP contribution in [0.1, 0.15) is 43.2 Å². The molecule has 0 amide bonds. The highest BCUT2D eigenvalue weighted by Gasteiger charge is 2.51. The van der Waals surface area contributed by atoms with E-state index >= 15 is 0 Å². The van der Waals surface area contributed by atoms with E-state index in [-0.39, 0.29) is 11.5 Å². The molecule has 0 unspecified atom stereocenters. The van der Waals surface area contributed by atoms with Crippen molar-refractivity contribution in [1.82, 2.24) is 14.8 Å². The lowest BCUT2D eigenvalue weighted by Crippen LogP contribution is -2.43. The van der Waals surface area contributed by atoms with Gasteiger partial charge in [-0.25, -0.2) is 9.67 Å². The minimum absolute atomic E-state index is 0.0566. The van der Waals surface area contributed by atoms with E-state index in [0.29, 0.717) is 19.0 Å². The summed E-state index contributed by atoms with van der Waals surface area (Å²) >= 11 is 0. The first kappa shape index (κ1) is 21.9. The monoisotopic (exact) mass is 472 g/mol. The summed E-state index contributed by atoms with van der Waals surface area (Å²) in [4.78, 5) is 10.7. The van der Waals surface area contributed by atoms with Crippen LogP contribution in [0.2, 0.25) is 0 Å². The molecule has 9 nitrogen and oxygen atoms in total. The number of anilines is 1. The van der Waals surface area contributed by atoms with E-state index in [1.165, 1.54) is 0 Å². The first-order valence-electron chi connectivity index (χ1n) is 12.1. The van der Waals surface area contributed by atoms with Crippen LogP contribution in [0, 0.1) is 17.2 Å². The highest BCUT2D eigenvalue weighted by Crippen LogP contribution is 2.47. The lowest BCUT2D eigenvalue weighted by Gasteiger charge is -2.38. The summed E-state index contributed by atoms with van der Waals surface area (Å²) < 4.78 is 12.8. The molecule has 9 heteroatoms. The first-order chi connectivity index (χ1) is 17.2. The largest absolute Gasteiger partial charge is 0.497 e. The van der Waals surface area contributed by atoms with E-state index in [4.69, 9.17) is 19.3 Å². The molecule has 180 valence electrons. The third-order valence-corrected chi connectivity index (χ3v) is 7.30. The molecule has 1 saturated carbocycles. The number of ether oxygens (including phenoxy) is 2. The van der Waals surface area contributed by atoms with E-state index in [1.54, 1.807) is 7.11 Å². The van der Waals surface area contributed by atoms with E-state index < -0.39 is 0 Å². The summed E-state index contributed by atoms with van der Waals surface area (Å²) in [5.74, 6) is 0.885. The van der Waals surface area contributed by atoms with Gasteiger partial charge >= 0.3 is 0 Å². The minimum Gasteiger partial charge on any atom is -0.497 e. The second-order valence-electron chi connectivity index (χ2n) is 9.69. The Morgan fingerprint density at radius 2 is 2.00 bits per heavy atom. The zero-order valence-corrected chi connectivity index (χ0v) is 19.7. The molecule has 1 spiro atoms. The van der Waals surface area contributed by atoms with Crippen LogP contribution in [0.3, 0.4) is 0 Å². The summed E-state index contributed by atoms with van der Waals surface area (Å²) in [6.45, 7) is 2.11. The van der Waals surface area contributed by atoms with Crippen LogP contribution in [0.5, 0.6) is 5.75 Å². The number of hydrogen-bond acceptors (Lipinski definition) is 8. The van der Waals surface area contributed by atoms with Crippen LogP contribution in [0.25, 0.3) is 11.0 Å². The van der Waals surface area contributed by atoms with Crippen molar-refractivity contribution in [2.75, 3.05) is 25.6 Å². The molecule has 6 rings (SSSR count). The number of hydrogen-bond donors (Lipinski definition) is 1. The molecule has 3 aliphatic rings. The number of oxime groups is 1. The molecule has 3 aromatic rings. The number of fused-ring (bicyclic) bond motifs is 1. The number of rotatable bonds is 6. The van der Waals surface area contributed by atoms with Crippen molar-refractivity contribution in [2.45, 2.75) is 50.3 Å². The Hall–Kier alpha value is -3.64. The van der Waals surface area contributed by atoms with E-state index in [1.807, 2.05) is 41.3 Å². The molecule has 4 heterocycles. The second kappa shape index (κ2) is 8.86. The topological polar surface area (TPSA) is 107 Å². The molecular weight excluding hydrogens is 444 g/mol. The number of benzene rings is 1. The quantitative estimate of drug-likeness (QED) is 0.580. The van der Waals surface area contributed by atoms with Gasteiger partial charge in [-0.3, -0.25) is 0 Å². The fraction of sp³-hybridized carbons (Fsp3) is 0.462. The normalized spacial score (nSPS) is 24.0. The van der Waals surface area contributed by atoms with Crippen LogP contribution >= 0.6 is 0 Å². The summed E-state index contributed by atoms with van der Waals surface area (Å²) in [5, 5.41) is 23.1. The SMILES string of the molecule is COc1ccc(Cn2ncc3c(NC4CCOCC4)c(C4=NOC5(C4)CC(C#N)C5)cnc32)cc1. The van der Waals surface area contributed by atoms with Crippen molar-refractivity contribution in [1.29, 1.82) is 5.26 Å². The van der Waals surface area contributed by atoms with Gasteiger partial charge in [0.15, 0.2) is 5.65 Å². The van der Waals surface area contributed by atoms with Crippen LogP contribution in [-0.4, -0.2) is 52.4 Å². The molecule has 0 bridgehead atoms. The Labute approximate surface area is 203 Å². The summed E-state index contributed by atoms with van der Waals surface area (Å²) in [7, 11) is 1.67. The zero-order chi connectivity index (χ0) is 23.8. The van der Waals surface area contributed by atoms with Crippen molar-refractivity contribution in [3.05, 3.63) is 47.8 Å². The van der Waals surface area contributed by atoms with E-state index in [0.717, 1.165) is 78.2 Å². The number of nitrogens with one attached hydrogen (secondary N) is 1. The van der Waals surface area contributed by atoms with Gasteiger partial charge in [-0.2, -0.15) is 10.4 Å². The van der Waals surface area contributed by atoms with Gasteiger partial charge < -0.3 is 19.6 Å². The number of nitriles is 1. The average molecular weight is 473 g/mol. The highest BCUT2D eigenvalue weighted by atomic mass is 16.7. The Morgan fingerprint density at radius 1 is 1.20 bits per heavy atom. The average Bonchev–Trinajstić information content (AvgIpc) is 3.50. The Kier molecular flexibility index (Phi) is 5.53.